The molecular weight excluding hydrogens is 258 g/mol. The summed E-state index contributed by atoms with van der Waals surface area (Å²) < 4.78 is 0. The Morgan fingerprint density at radius 2 is 1.81 bits per heavy atom. The van der Waals surface area contributed by atoms with Crippen LogP contribution in [0.1, 0.15) is 57.6 Å². The van der Waals surface area contributed by atoms with Crippen LogP contribution in [0.5, 0.6) is 0 Å². The third kappa shape index (κ3) is 6.92. The molecule has 0 amide bonds. The predicted molar refractivity (Wildman–Crippen MR) is 92.5 cm³/mol. The van der Waals surface area contributed by atoms with Gasteiger partial charge in [0, 0.05) is 6.04 Å². The average Bonchev–Trinajstić information content (AvgIpc) is 2.51. The number of aliphatic hydroxyl groups is 1. The zero-order valence-electron chi connectivity index (χ0n) is 13.8. The maximum atomic E-state index is 10.1. The Hall–Kier alpha value is -1.12. The van der Waals surface area contributed by atoms with Crippen molar-refractivity contribution in [3.05, 3.63) is 41.5 Å². The zero-order chi connectivity index (χ0) is 15.5. The summed E-state index contributed by atoms with van der Waals surface area (Å²) in [6.07, 6.45) is 9.40. The van der Waals surface area contributed by atoms with Crippen LogP contribution >= 0.6 is 0 Å². The van der Waals surface area contributed by atoms with Crippen molar-refractivity contribution in [3.63, 3.8) is 0 Å². The molecule has 0 saturated heterocycles. The molecule has 0 spiro atoms. The van der Waals surface area contributed by atoms with Gasteiger partial charge in [0.2, 0.25) is 0 Å². The molecule has 0 fully saturated rings. The van der Waals surface area contributed by atoms with Gasteiger partial charge in [-0.1, -0.05) is 70.0 Å². The fourth-order valence-electron chi connectivity index (χ4n) is 2.49. The van der Waals surface area contributed by atoms with E-state index in [1.54, 1.807) is 0 Å². The Kier molecular flexibility index (Phi) is 9.04. The summed E-state index contributed by atoms with van der Waals surface area (Å²) in [5.41, 5.74) is 2.56. The van der Waals surface area contributed by atoms with E-state index in [1.807, 2.05) is 12.2 Å². The largest absolute Gasteiger partial charge is 0.387 e. The number of rotatable bonds is 10. The summed E-state index contributed by atoms with van der Waals surface area (Å²) in [6.45, 7) is 7.28. The van der Waals surface area contributed by atoms with Crippen molar-refractivity contribution in [3.8, 4) is 0 Å². The number of nitrogens with one attached hydrogen (secondary N) is 1. The molecule has 2 heteroatoms. The molecule has 1 rings (SSSR count). The summed E-state index contributed by atoms with van der Waals surface area (Å²) in [7, 11) is 0. The van der Waals surface area contributed by atoms with Crippen LogP contribution in [0.2, 0.25) is 0 Å². The van der Waals surface area contributed by atoms with Crippen molar-refractivity contribution < 1.29 is 5.11 Å². The number of benzene rings is 1. The van der Waals surface area contributed by atoms with Crippen LogP contribution in [0.3, 0.4) is 0 Å². The van der Waals surface area contributed by atoms with Gasteiger partial charge in [0.15, 0.2) is 0 Å². The molecule has 118 valence electrons. The molecule has 0 aromatic heterocycles. The van der Waals surface area contributed by atoms with Gasteiger partial charge in [-0.15, -0.1) is 0 Å². The van der Waals surface area contributed by atoms with Crippen molar-refractivity contribution in [2.45, 2.75) is 65.0 Å². The fraction of sp³-hybridized carbons (Fsp3) is 0.579. The highest BCUT2D eigenvalue weighted by molar-refractivity contribution is 5.50. The molecule has 2 nitrogen and oxygen atoms in total. The Bertz CT molecular complexity index is 397. The van der Waals surface area contributed by atoms with Crippen LogP contribution in [0.25, 0.3) is 6.08 Å². The molecule has 0 unspecified atom stereocenters. The SMILES string of the molecule is CCCCCc1ccc(/C=C/[C@H](O)[C@@H](CC)NCC)cc1. The summed E-state index contributed by atoms with van der Waals surface area (Å²) in [4.78, 5) is 0. The Morgan fingerprint density at radius 3 is 2.38 bits per heavy atom. The molecule has 0 bridgehead atoms. The van der Waals surface area contributed by atoms with E-state index in [2.05, 4.69) is 50.4 Å². The Balaban J connectivity index is 2.52. The molecule has 0 aliphatic heterocycles. The van der Waals surface area contributed by atoms with Gasteiger partial charge >= 0.3 is 0 Å². The number of aryl methyl sites for hydroxylation is 1. The lowest BCUT2D eigenvalue weighted by Gasteiger charge is -2.19. The van der Waals surface area contributed by atoms with Gasteiger partial charge in [0.1, 0.15) is 0 Å². The van der Waals surface area contributed by atoms with Crippen molar-refractivity contribution in [2.75, 3.05) is 6.54 Å². The van der Waals surface area contributed by atoms with Gasteiger partial charge in [0.25, 0.3) is 0 Å². The van der Waals surface area contributed by atoms with E-state index in [4.69, 9.17) is 0 Å². The maximum absolute atomic E-state index is 10.1. The molecule has 2 N–H and O–H groups in total. The molecule has 2 atom stereocenters. The second-order valence-electron chi connectivity index (χ2n) is 5.62. The normalized spacial score (nSPS) is 14.5. The molecule has 0 aliphatic carbocycles. The highest BCUT2D eigenvalue weighted by atomic mass is 16.3. The number of hydrogen-bond donors (Lipinski definition) is 2. The zero-order valence-corrected chi connectivity index (χ0v) is 13.8. The van der Waals surface area contributed by atoms with E-state index in [-0.39, 0.29) is 6.04 Å². The van der Waals surface area contributed by atoms with Crippen molar-refractivity contribution in [1.29, 1.82) is 0 Å². The molecule has 21 heavy (non-hydrogen) atoms. The van der Waals surface area contributed by atoms with Crippen molar-refractivity contribution >= 4 is 6.08 Å². The fourth-order valence-corrected chi connectivity index (χ4v) is 2.49. The van der Waals surface area contributed by atoms with Gasteiger partial charge in [-0.25, -0.2) is 0 Å². The molecule has 0 heterocycles. The maximum Gasteiger partial charge on any atom is 0.0877 e. The lowest BCUT2D eigenvalue weighted by Crippen LogP contribution is -2.38. The van der Waals surface area contributed by atoms with Gasteiger partial charge in [-0.05, 0) is 36.9 Å². The Labute approximate surface area is 130 Å². The third-order valence-corrected chi connectivity index (χ3v) is 3.85. The lowest BCUT2D eigenvalue weighted by atomic mass is 10.0. The minimum Gasteiger partial charge on any atom is -0.387 e. The molecule has 1 aromatic carbocycles. The number of unbranched alkanes of at least 4 members (excludes halogenated alkanes) is 2. The first-order valence-electron chi connectivity index (χ1n) is 8.39. The summed E-state index contributed by atoms with van der Waals surface area (Å²) in [6, 6.07) is 8.81. The van der Waals surface area contributed by atoms with E-state index < -0.39 is 6.10 Å². The smallest absolute Gasteiger partial charge is 0.0877 e. The van der Waals surface area contributed by atoms with Gasteiger partial charge in [0.05, 0.1) is 6.10 Å². The third-order valence-electron chi connectivity index (χ3n) is 3.85. The van der Waals surface area contributed by atoms with Crippen LogP contribution in [-0.4, -0.2) is 23.8 Å². The van der Waals surface area contributed by atoms with E-state index in [0.717, 1.165) is 18.5 Å². The second-order valence-corrected chi connectivity index (χ2v) is 5.62. The first kappa shape index (κ1) is 17.9. The van der Waals surface area contributed by atoms with E-state index in [9.17, 15) is 5.11 Å². The lowest BCUT2D eigenvalue weighted by molar-refractivity contribution is 0.170. The number of aliphatic hydroxyl groups excluding tert-OH is 1. The average molecular weight is 289 g/mol. The van der Waals surface area contributed by atoms with Gasteiger partial charge < -0.3 is 10.4 Å². The van der Waals surface area contributed by atoms with E-state index >= 15 is 0 Å². The van der Waals surface area contributed by atoms with Crippen molar-refractivity contribution in [1.82, 2.24) is 5.32 Å². The first-order chi connectivity index (χ1) is 10.2. The number of hydrogen-bond acceptors (Lipinski definition) is 2. The van der Waals surface area contributed by atoms with Crippen LogP contribution in [0.15, 0.2) is 30.3 Å². The quantitative estimate of drug-likeness (QED) is 0.633. The minimum atomic E-state index is -0.431. The van der Waals surface area contributed by atoms with Gasteiger partial charge in [-0.3, -0.25) is 0 Å². The van der Waals surface area contributed by atoms with Gasteiger partial charge in [-0.2, -0.15) is 0 Å². The van der Waals surface area contributed by atoms with E-state index in [1.165, 1.54) is 31.2 Å². The Morgan fingerprint density at radius 1 is 1.10 bits per heavy atom. The van der Waals surface area contributed by atoms with Crippen LogP contribution in [0.4, 0.5) is 0 Å². The van der Waals surface area contributed by atoms with Crippen LogP contribution in [0, 0.1) is 0 Å². The standard InChI is InChI=1S/C19H31NO/c1-4-7-8-9-16-10-12-17(13-11-16)14-15-19(21)18(5-2)20-6-3/h10-15,18-21H,4-9H2,1-3H3/b15-14+/t18-,19+/m1/s1. The second kappa shape index (κ2) is 10.6. The highest BCUT2D eigenvalue weighted by Gasteiger charge is 2.12. The van der Waals surface area contributed by atoms with E-state index in [0.29, 0.717) is 0 Å². The molecule has 0 saturated carbocycles. The highest BCUT2D eigenvalue weighted by Crippen LogP contribution is 2.11. The van der Waals surface area contributed by atoms with Crippen LogP contribution < -0.4 is 5.32 Å². The van der Waals surface area contributed by atoms with Crippen molar-refractivity contribution in [2.24, 2.45) is 0 Å². The summed E-state index contributed by atoms with van der Waals surface area (Å²) in [5, 5.41) is 13.5. The molecule has 0 aliphatic rings. The minimum absolute atomic E-state index is 0.138. The topological polar surface area (TPSA) is 32.3 Å². The van der Waals surface area contributed by atoms with Crippen LogP contribution in [-0.2, 0) is 6.42 Å². The first-order valence-corrected chi connectivity index (χ1v) is 8.39. The monoisotopic (exact) mass is 289 g/mol. The predicted octanol–water partition coefficient (Wildman–Crippen LogP) is 4.18. The molecule has 0 radical (unpaired) electrons. The molecular formula is C19H31NO. The number of likely N-dealkylation sites (N-methyl/N-ethyl adjacent to an activating group) is 1. The molecule has 1 aromatic rings. The summed E-state index contributed by atoms with van der Waals surface area (Å²) >= 11 is 0. The summed E-state index contributed by atoms with van der Waals surface area (Å²) in [5.74, 6) is 0.